The molecule has 1 fully saturated rings. The molecule has 2 N–H and O–H groups in total. The van der Waals surface area contributed by atoms with E-state index in [-0.39, 0.29) is 12.1 Å². The van der Waals surface area contributed by atoms with Crippen LogP contribution in [0.2, 0.25) is 0 Å². The van der Waals surface area contributed by atoms with E-state index >= 15 is 0 Å². The molecule has 3 heterocycles. The van der Waals surface area contributed by atoms with Crippen molar-refractivity contribution in [1.82, 2.24) is 19.5 Å². The van der Waals surface area contributed by atoms with Crippen molar-refractivity contribution >= 4 is 37.8 Å². The Morgan fingerprint density at radius 3 is 2.90 bits per heavy atom. The van der Waals surface area contributed by atoms with Crippen molar-refractivity contribution in [2.24, 2.45) is 0 Å². The molecule has 150 valence electrons. The van der Waals surface area contributed by atoms with Gasteiger partial charge in [0.2, 0.25) is 5.88 Å². The Hall–Kier alpha value is -2.71. The number of ether oxygens (including phenoxy) is 1. The number of hydrogen-bond donors (Lipinski definition) is 2. The Kier molecular flexibility index (Phi) is 4.81. The Balaban J connectivity index is 1.39. The molecule has 4 aromatic rings. The summed E-state index contributed by atoms with van der Waals surface area (Å²) in [5.41, 5.74) is 3.79. The number of pyridine rings is 1. The van der Waals surface area contributed by atoms with Gasteiger partial charge in [0.05, 0.1) is 42.3 Å². The van der Waals surface area contributed by atoms with E-state index in [1.165, 1.54) is 0 Å². The largest absolute Gasteiger partial charge is 0.481 e. The second-order valence-electron chi connectivity index (χ2n) is 7.49. The first-order valence-electron chi connectivity index (χ1n) is 9.89. The van der Waals surface area contributed by atoms with E-state index in [0.29, 0.717) is 12.4 Å². The van der Waals surface area contributed by atoms with Gasteiger partial charge in [0.1, 0.15) is 5.52 Å². The average Bonchev–Trinajstić information content (AvgIpc) is 3.32. The van der Waals surface area contributed by atoms with Gasteiger partial charge in [-0.1, -0.05) is 30.2 Å². The molecule has 0 bridgehead atoms. The summed E-state index contributed by atoms with van der Waals surface area (Å²) in [5, 5.41) is 14.5. The number of anilines is 1. The number of methoxy groups -OCH3 is 1. The molecule has 7 nitrogen and oxygen atoms in total. The fraction of sp³-hybridized carbons (Fsp3) is 0.381. The summed E-state index contributed by atoms with van der Waals surface area (Å²) in [6, 6.07) is 10.1. The van der Waals surface area contributed by atoms with Crippen LogP contribution in [-0.2, 0) is 6.54 Å². The number of nitrogens with zero attached hydrogens (tertiary/aromatic N) is 4. The highest BCUT2D eigenvalue weighted by Gasteiger charge is 2.23. The van der Waals surface area contributed by atoms with E-state index in [1.54, 1.807) is 18.4 Å². The number of aromatic nitrogens is 4. The Bertz CT molecular complexity index is 1150. The van der Waals surface area contributed by atoms with E-state index < -0.39 is 0 Å². The first-order chi connectivity index (χ1) is 14.2. The van der Waals surface area contributed by atoms with Crippen molar-refractivity contribution in [2.45, 2.75) is 44.4 Å². The lowest BCUT2D eigenvalue weighted by molar-refractivity contribution is 0.116. The molecular weight excluding hydrogens is 386 g/mol. The van der Waals surface area contributed by atoms with Crippen LogP contribution in [0.25, 0.3) is 21.4 Å². The Morgan fingerprint density at radius 2 is 2.03 bits per heavy atom. The van der Waals surface area contributed by atoms with Crippen molar-refractivity contribution in [2.75, 3.05) is 12.4 Å². The molecule has 0 spiro atoms. The lowest BCUT2D eigenvalue weighted by Crippen LogP contribution is -2.36. The molecule has 3 aromatic heterocycles. The van der Waals surface area contributed by atoms with Crippen molar-refractivity contribution in [1.29, 1.82) is 0 Å². The zero-order valence-corrected chi connectivity index (χ0v) is 17.0. The molecule has 29 heavy (non-hydrogen) atoms. The minimum Gasteiger partial charge on any atom is -0.481 e. The van der Waals surface area contributed by atoms with Crippen LogP contribution < -0.4 is 10.1 Å². The summed E-state index contributed by atoms with van der Waals surface area (Å²) in [7, 11) is 1.62. The summed E-state index contributed by atoms with van der Waals surface area (Å²) in [5.74, 6) is 0.581. The minimum atomic E-state index is -0.287. The van der Waals surface area contributed by atoms with Gasteiger partial charge in [0, 0.05) is 6.07 Å². The van der Waals surface area contributed by atoms with Crippen LogP contribution in [0.5, 0.6) is 5.88 Å². The summed E-state index contributed by atoms with van der Waals surface area (Å²) < 4.78 is 8.40. The molecule has 1 saturated carbocycles. The zero-order valence-electron chi connectivity index (χ0n) is 16.2. The highest BCUT2D eigenvalue weighted by molar-refractivity contribution is 7.22. The molecular formula is C21H23N5O2S. The van der Waals surface area contributed by atoms with Gasteiger partial charge in [-0.15, -0.1) is 0 Å². The maximum absolute atomic E-state index is 10.2. The van der Waals surface area contributed by atoms with Gasteiger partial charge >= 0.3 is 0 Å². The van der Waals surface area contributed by atoms with Crippen LogP contribution in [0.4, 0.5) is 5.13 Å². The molecule has 1 aromatic carbocycles. The number of aliphatic hydroxyl groups excluding tert-OH is 1. The molecule has 0 amide bonds. The summed E-state index contributed by atoms with van der Waals surface area (Å²) in [6.07, 6.45) is 5.64. The molecule has 1 aliphatic carbocycles. The summed E-state index contributed by atoms with van der Waals surface area (Å²) in [6.45, 7) is 0.675. The second kappa shape index (κ2) is 7.61. The van der Waals surface area contributed by atoms with Crippen LogP contribution in [0, 0.1) is 0 Å². The van der Waals surface area contributed by atoms with Crippen molar-refractivity contribution < 1.29 is 9.84 Å². The van der Waals surface area contributed by atoms with Crippen LogP contribution in [0.15, 0.2) is 36.7 Å². The first-order valence-corrected chi connectivity index (χ1v) is 10.7. The van der Waals surface area contributed by atoms with E-state index in [2.05, 4.69) is 33.5 Å². The number of imidazole rings is 1. The number of aliphatic hydroxyl groups is 1. The third-order valence-electron chi connectivity index (χ3n) is 5.49. The van der Waals surface area contributed by atoms with Crippen molar-refractivity contribution in [3.63, 3.8) is 0 Å². The van der Waals surface area contributed by atoms with Gasteiger partial charge in [0.25, 0.3) is 0 Å². The van der Waals surface area contributed by atoms with Crippen LogP contribution in [-0.4, -0.2) is 43.9 Å². The van der Waals surface area contributed by atoms with Crippen molar-refractivity contribution in [3.8, 4) is 5.88 Å². The predicted octanol–water partition coefficient (Wildman–Crippen LogP) is 3.81. The number of nitrogens with one attached hydrogen (secondary N) is 1. The molecule has 0 saturated heterocycles. The van der Waals surface area contributed by atoms with Crippen LogP contribution >= 0.6 is 11.3 Å². The van der Waals surface area contributed by atoms with Gasteiger partial charge in [-0.25, -0.2) is 9.97 Å². The topological polar surface area (TPSA) is 85.1 Å². The predicted molar refractivity (Wildman–Crippen MR) is 115 cm³/mol. The first kappa shape index (κ1) is 18.3. The number of hydrogen-bond acceptors (Lipinski definition) is 7. The Morgan fingerprint density at radius 1 is 1.17 bits per heavy atom. The van der Waals surface area contributed by atoms with Crippen LogP contribution in [0.3, 0.4) is 0 Å². The van der Waals surface area contributed by atoms with Gasteiger partial charge in [-0.2, -0.15) is 4.98 Å². The normalized spacial score (nSPS) is 19.7. The monoisotopic (exact) mass is 409 g/mol. The number of benzene rings is 1. The lowest BCUT2D eigenvalue weighted by Gasteiger charge is -2.27. The molecule has 2 atom stereocenters. The SMILES string of the molecule is COc1ccc2ncn(Cc3ccc4nc(NC5CCCCC5O)sc4c3)c2n1. The van der Waals surface area contributed by atoms with E-state index in [1.807, 2.05) is 23.0 Å². The summed E-state index contributed by atoms with van der Waals surface area (Å²) in [4.78, 5) is 13.7. The second-order valence-corrected chi connectivity index (χ2v) is 8.52. The van der Waals surface area contributed by atoms with Gasteiger partial charge in [-0.05, 0) is 36.6 Å². The molecule has 5 rings (SSSR count). The molecule has 8 heteroatoms. The number of thiazole rings is 1. The fourth-order valence-corrected chi connectivity index (χ4v) is 4.91. The van der Waals surface area contributed by atoms with Gasteiger partial charge in [0.15, 0.2) is 10.8 Å². The van der Waals surface area contributed by atoms with Crippen LogP contribution in [0.1, 0.15) is 31.2 Å². The quantitative estimate of drug-likeness (QED) is 0.521. The van der Waals surface area contributed by atoms with E-state index in [4.69, 9.17) is 9.72 Å². The highest BCUT2D eigenvalue weighted by Crippen LogP contribution is 2.30. The smallest absolute Gasteiger partial charge is 0.215 e. The molecule has 0 aliphatic heterocycles. The third kappa shape index (κ3) is 3.65. The minimum absolute atomic E-state index is 0.0992. The molecule has 0 radical (unpaired) electrons. The van der Waals surface area contributed by atoms with Crippen molar-refractivity contribution in [3.05, 3.63) is 42.2 Å². The molecule has 1 aliphatic rings. The standard InChI is InChI=1S/C21H23N5O2S/c1-28-19-9-8-16-20(25-19)26(12-22-16)11-13-6-7-15-18(10-13)29-21(24-15)23-14-4-2-3-5-17(14)27/h6-10,12,14,17,27H,2-5,11H2,1H3,(H,23,24). The fourth-order valence-electron chi connectivity index (χ4n) is 3.92. The molecule has 2 unspecified atom stereocenters. The number of rotatable bonds is 5. The average molecular weight is 410 g/mol. The van der Waals surface area contributed by atoms with Gasteiger partial charge in [-0.3, -0.25) is 0 Å². The highest BCUT2D eigenvalue weighted by atomic mass is 32.1. The van der Waals surface area contributed by atoms with E-state index in [9.17, 15) is 5.11 Å². The van der Waals surface area contributed by atoms with Gasteiger partial charge < -0.3 is 19.7 Å². The summed E-state index contributed by atoms with van der Waals surface area (Å²) >= 11 is 1.64. The maximum Gasteiger partial charge on any atom is 0.215 e. The maximum atomic E-state index is 10.2. The lowest BCUT2D eigenvalue weighted by atomic mass is 9.93. The number of fused-ring (bicyclic) bond motifs is 2. The Labute approximate surface area is 172 Å². The van der Waals surface area contributed by atoms with E-state index in [0.717, 1.165) is 57.8 Å². The zero-order chi connectivity index (χ0) is 19.8. The third-order valence-corrected chi connectivity index (χ3v) is 6.44.